The molecular weight excluding hydrogens is 215 g/mol. The maximum Gasteiger partial charge on any atom is 0.296 e. The van der Waals surface area contributed by atoms with E-state index in [-0.39, 0.29) is 5.87 Å². The van der Waals surface area contributed by atoms with E-state index in [0.29, 0.717) is 19.8 Å². The van der Waals surface area contributed by atoms with Gasteiger partial charge in [0.05, 0.1) is 0 Å². The molecule has 0 saturated carbocycles. The summed E-state index contributed by atoms with van der Waals surface area (Å²) in [7, 11) is 0.294. The van der Waals surface area contributed by atoms with E-state index in [9.17, 15) is 4.79 Å². The Morgan fingerprint density at radius 3 is 2.18 bits per heavy atom. The quantitative estimate of drug-likeness (QED) is 0.643. The number of ether oxygens (including phenoxy) is 2. The Hall–Kier alpha value is -0.505. The van der Waals surface area contributed by atoms with Crippen LogP contribution in [0.2, 0.25) is 0 Å². The Morgan fingerprint density at radius 1 is 1.24 bits per heavy atom. The summed E-state index contributed by atoms with van der Waals surface area (Å²) in [6.07, 6.45) is 0.869. The topological polar surface area (TPSA) is 35.5 Å². The van der Waals surface area contributed by atoms with E-state index >= 15 is 0 Å². The molecule has 17 heavy (non-hydrogen) atoms. The Balaban J connectivity index is 4.26. The molecule has 0 radical (unpaired) electrons. The molecule has 0 unspecified atom stereocenters. The molecule has 0 aliphatic heterocycles. The van der Waals surface area contributed by atoms with Gasteiger partial charge in [-0.15, -0.1) is 0 Å². The fourth-order valence-corrected chi connectivity index (χ4v) is 2.16. The molecule has 0 spiro atoms. The minimum absolute atomic E-state index is 0.186. The molecule has 0 aromatic carbocycles. The molecule has 3 nitrogen and oxygen atoms in total. The molecule has 0 atom stereocenters. The molecule has 0 fully saturated rings. The monoisotopic (exact) mass is 242 g/mol. The third-order valence-corrected chi connectivity index (χ3v) is 2.40. The lowest BCUT2D eigenvalue weighted by molar-refractivity contribution is 0.0310. The van der Waals surface area contributed by atoms with Crippen molar-refractivity contribution in [1.29, 1.82) is 0 Å². The summed E-state index contributed by atoms with van der Waals surface area (Å²) in [4.78, 5) is 11.8. The Labute approximate surface area is 106 Å². The standard InChI is InChI=1S/C13H27BO3/c1-8-16-13(6,7)14-11(15)17-12(4,5)9-10(2)3/h10,14H,8-9H2,1-7H3. The summed E-state index contributed by atoms with van der Waals surface area (Å²) in [6, 6.07) is 0. The summed E-state index contributed by atoms with van der Waals surface area (Å²) < 4.78 is 11.0. The van der Waals surface area contributed by atoms with Crippen LogP contribution < -0.4 is 0 Å². The van der Waals surface area contributed by atoms with Gasteiger partial charge in [-0.25, -0.2) is 0 Å². The van der Waals surface area contributed by atoms with E-state index in [0.717, 1.165) is 6.42 Å². The van der Waals surface area contributed by atoms with Crippen molar-refractivity contribution in [3.05, 3.63) is 0 Å². The van der Waals surface area contributed by atoms with Crippen molar-refractivity contribution in [2.75, 3.05) is 6.61 Å². The molecule has 0 heterocycles. The van der Waals surface area contributed by atoms with Gasteiger partial charge in [0.15, 0.2) is 0 Å². The molecule has 0 N–H and O–H groups in total. The predicted molar refractivity (Wildman–Crippen MR) is 72.9 cm³/mol. The molecule has 0 saturated heterocycles. The summed E-state index contributed by atoms with van der Waals surface area (Å²) >= 11 is 0. The highest BCUT2D eigenvalue weighted by atomic mass is 16.6. The second-order valence-corrected chi connectivity index (χ2v) is 6.20. The van der Waals surface area contributed by atoms with Gasteiger partial charge in [0, 0.05) is 12.1 Å². The summed E-state index contributed by atoms with van der Waals surface area (Å²) in [5.41, 5.74) is -0.840. The van der Waals surface area contributed by atoms with Gasteiger partial charge in [-0.1, -0.05) is 13.8 Å². The zero-order chi connectivity index (χ0) is 13.7. The van der Waals surface area contributed by atoms with Crippen LogP contribution in [0, 0.1) is 5.92 Å². The first kappa shape index (κ1) is 16.5. The SMILES string of the molecule is CCOC(C)(C)BC(=O)OC(C)(C)CC(C)C. The summed E-state index contributed by atoms with van der Waals surface area (Å²) in [5, 5.41) is 0. The van der Waals surface area contributed by atoms with Crippen molar-refractivity contribution >= 4 is 13.1 Å². The molecule has 0 aliphatic carbocycles. The van der Waals surface area contributed by atoms with Crippen molar-refractivity contribution in [3.8, 4) is 0 Å². The fraction of sp³-hybridized carbons (Fsp3) is 0.923. The Bertz CT molecular complexity index is 247. The molecule has 0 amide bonds. The van der Waals surface area contributed by atoms with Crippen LogP contribution in [0.5, 0.6) is 0 Å². The highest BCUT2D eigenvalue weighted by Gasteiger charge is 2.30. The van der Waals surface area contributed by atoms with Crippen molar-refractivity contribution < 1.29 is 14.3 Å². The normalized spacial score (nSPS) is 12.7. The molecule has 100 valence electrons. The highest BCUT2D eigenvalue weighted by molar-refractivity contribution is 6.74. The fourth-order valence-electron chi connectivity index (χ4n) is 2.16. The highest BCUT2D eigenvalue weighted by Crippen LogP contribution is 2.21. The van der Waals surface area contributed by atoms with Gasteiger partial charge in [-0.05, 0) is 47.0 Å². The van der Waals surface area contributed by atoms with Crippen molar-refractivity contribution in [2.45, 2.75) is 66.0 Å². The summed E-state index contributed by atoms with van der Waals surface area (Å²) in [6.45, 7) is 14.5. The number of carbonyl (C=O) groups excluding carboxylic acids is 1. The first-order valence-electron chi connectivity index (χ1n) is 6.44. The minimum Gasteiger partial charge on any atom is -0.468 e. The van der Waals surface area contributed by atoms with Gasteiger partial charge in [-0.3, -0.25) is 4.79 Å². The van der Waals surface area contributed by atoms with Crippen molar-refractivity contribution in [1.82, 2.24) is 0 Å². The Kier molecular flexibility index (Phi) is 6.24. The van der Waals surface area contributed by atoms with E-state index in [4.69, 9.17) is 9.47 Å². The molecule has 0 aromatic heterocycles. The molecule has 4 heteroatoms. The molecule has 0 aliphatic rings. The summed E-state index contributed by atoms with van der Waals surface area (Å²) in [5.74, 6) is 0.326. The zero-order valence-corrected chi connectivity index (χ0v) is 12.4. The van der Waals surface area contributed by atoms with Crippen molar-refractivity contribution in [2.24, 2.45) is 5.92 Å². The van der Waals surface area contributed by atoms with E-state index < -0.39 is 11.1 Å². The van der Waals surface area contributed by atoms with E-state index in [1.165, 1.54) is 0 Å². The smallest absolute Gasteiger partial charge is 0.296 e. The van der Waals surface area contributed by atoms with Crippen LogP contribution in [-0.4, -0.2) is 30.9 Å². The van der Waals surface area contributed by atoms with Gasteiger partial charge in [-0.2, -0.15) is 0 Å². The van der Waals surface area contributed by atoms with E-state index in [2.05, 4.69) is 13.8 Å². The molecular formula is C13H27BO3. The van der Waals surface area contributed by atoms with Gasteiger partial charge in [0.25, 0.3) is 13.1 Å². The van der Waals surface area contributed by atoms with Crippen LogP contribution in [0.1, 0.15) is 54.9 Å². The largest absolute Gasteiger partial charge is 0.468 e. The van der Waals surface area contributed by atoms with Crippen LogP contribution in [0.3, 0.4) is 0 Å². The third-order valence-electron chi connectivity index (χ3n) is 2.40. The van der Waals surface area contributed by atoms with E-state index in [1.54, 1.807) is 0 Å². The number of hydrogen-bond donors (Lipinski definition) is 0. The number of carbonyl (C=O) groups is 1. The van der Waals surface area contributed by atoms with Gasteiger partial charge in [0.1, 0.15) is 5.60 Å². The lowest BCUT2D eigenvalue weighted by Gasteiger charge is -2.29. The molecule has 0 bridgehead atoms. The molecule has 0 aromatic rings. The third kappa shape index (κ3) is 8.25. The van der Waals surface area contributed by atoms with Crippen LogP contribution in [0.4, 0.5) is 4.79 Å². The second-order valence-electron chi connectivity index (χ2n) is 6.20. The van der Waals surface area contributed by atoms with Crippen LogP contribution >= 0.6 is 0 Å². The van der Waals surface area contributed by atoms with Gasteiger partial charge in [0.2, 0.25) is 0 Å². The average Bonchev–Trinajstić information content (AvgIpc) is 1.96. The van der Waals surface area contributed by atoms with Crippen LogP contribution in [0.15, 0.2) is 0 Å². The zero-order valence-electron chi connectivity index (χ0n) is 12.4. The number of hydrogen-bond acceptors (Lipinski definition) is 3. The van der Waals surface area contributed by atoms with Gasteiger partial charge < -0.3 is 9.47 Å². The van der Waals surface area contributed by atoms with Crippen LogP contribution in [0.25, 0.3) is 0 Å². The first-order valence-corrected chi connectivity index (χ1v) is 6.44. The lowest BCUT2D eigenvalue weighted by Crippen LogP contribution is -2.41. The minimum atomic E-state index is -0.445. The van der Waals surface area contributed by atoms with Crippen molar-refractivity contribution in [3.63, 3.8) is 0 Å². The lowest BCUT2D eigenvalue weighted by atomic mass is 9.62. The first-order chi connectivity index (χ1) is 7.58. The van der Waals surface area contributed by atoms with Gasteiger partial charge >= 0.3 is 0 Å². The second kappa shape index (κ2) is 6.43. The maximum atomic E-state index is 11.8. The predicted octanol–water partition coefficient (Wildman–Crippen LogP) is 3.16. The molecule has 0 rings (SSSR count). The van der Waals surface area contributed by atoms with Crippen LogP contribution in [-0.2, 0) is 9.47 Å². The average molecular weight is 242 g/mol. The van der Waals surface area contributed by atoms with E-state index in [1.807, 2.05) is 34.6 Å². The maximum absolute atomic E-state index is 11.8. The number of rotatable bonds is 7. The Morgan fingerprint density at radius 2 is 1.76 bits per heavy atom.